The van der Waals surface area contributed by atoms with Gasteiger partial charge in [0.05, 0.1) is 6.04 Å². The molecule has 1 atom stereocenters. The maximum absolute atomic E-state index is 12.8. The summed E-state index contributed by atoms with van der Waals surface area (Å²) >= 11 is 0. The van der Waals surface area contributed by atoms with Crippen molar-refractivity contribution >= 4 is 17.5 Å². The third kappa shape index (κ3) is 5.56. The van der Waals surface area contributed by atoms with Crippen molar-refractivity contribution in [3.05, 3.63) is 102 Å². The number of aromatic nitrogens is 2. The van der Waals surface area contributed by atoms with Crippen LogP contribution >= 0.6 is 0 Å². The van der Waals surface area contributed by atoms with Crippen LogP contribution in [0.5, 0.6) is 0 Å². The molecule has 0 fully saturated rings. The lowest BCUT2D eigenvalue weighted by Crippen LogP contribution is -2.30. The molecule has 1 unspecified atom stereocenters. The second-order valence-electron chi connectivity index (χ2n) is 8.00. The van der Waals surface area contributed by atoms with E-state index in [-0.39, 0.29) is 24.3 Å². The van der Waals surface area contributed by atoms with Crippen LogP contribution in [0.4, 0.5) is 5.69 Å². The third-order valence-electron chi connectivity index (χ3n) is 5.69. The molecule has 1 N–H and O–H groups in total. The van der Waals surface area contributed by atoms with Crippen LogP contribution in [0.15, 0.2) is 89.5 Å². The van der Waals surface area contributed by atoms with Gasteiger partial charge in [0.1, 0.15) is 0 Å². The minimum atomic E-state index is -0.177. The highest BCUT2D eigenvalue weighted by Gasteiger charge is 2.19. The molecule has 0 aliphatic carbocycles. The van der Waals surface area contributed by atoms with Gasteiger partial charge in [0.25, 0.3) is 5.91 Å². The first-order chi connectivity index (χ1) is 16.5. The SMILES string of the molecule is CC(c1cccc(NC(=O)c2ccccc2)c1)N(C)C(=O)CCc1nc(-c2ccccc2)no1. The molecule has 4 rings (SSSR count). The highest BCUT2D eigenvalue weighted by Crippen LogP contribution is 2.23. The van der Waals surface area contributed by atoms with Gasteiger partial charge in [0.15, 0.2) is 0 Å². The van der Waals surface area contributed by atoms with Crippen LogP contribution in [0.2, 0.25) is 0 Å². The molecule has 172 valence electrons. The van der Waals surface area contributed by atoms with Gasteiger partial charge < -0.3 is 14.7 Å². The standard InChI is InChI=1S/C27H26N4O3/c1-19(22-14-9-15-23(18-22)28-27(33)21-12-7-4-8-13-21)31(2)25(32)17-16-24-29-26(30-34-24)20-10-5-3-6-11-20/h3-15,18-19H,16-17H2,1-2H3,(H,28,33). The predicted molar refractivity (Wildman–Crippen MR) is 130 cm³/mol. The van der Waals surface area contributed by atoms with E-state index < -0.39 is 0 Å². The number of anilines is 1. The van der Waals surface area contributed by atoms with E-state index >= 15 is 0 Å². The Kier molecular flexibility index (Phi) is 7.13. The summed E-state index contributed by atoms with van der Waals surface area (Å²) < 4.78 is 5.31. The predicted octanol–water partition coefficient (Wildman–Crippen LogP) is 5.14. The lowest BCUT2D eigenvalue weighted by Gasteiger charge is -2.25. The van der Waals surface area contributed by atoms with E-state index in [4.69, 9.17) is 4.52 Å². The Labute approximate surface area is 198 Å². The molecule has 0 bridgehead atoms. The first-order valence-electron chi connectivity index (χ1n) is 11.1. The third-order valence-corrected chi connectivity index (χ3v) is 5.69. The van der Waals surface area contributed by atoms with Crippen molar-refractivity contribution in [1.29, 1.82) is 0 Å². The quantitative estimate of drug-likeness (QED) is 0.398. The summed E-state index contributed by atoms with van der Waals surface area (Å²) in [5.74, 6) is 0.730. The molecule has 34 heavy (non-hydrogen) atoms. The molecular weight excluding hydrogens is 428 g/mol. The molecule has 3 aromatic carbocycles. The first-order valence-corrected chi connectivity index (χ1v) is 11.1. The average Bonchev–Trinajstić information content (AvgIpc) is 3.37. The molecule has 0 aliphatic rings. The summed E-state index contributed by atoms with van der Waals surface area (Å²) in [6.45, 7) is 1.95. The Morgan fingerprint density at radius 3 is 2.41 bits per heavy atom. The largest absolute Gasteiger partial charge is 0.339 e. The van der Waals surface area contributed by atoms with Crippen LogP contribution < -0.4 is 5.32 Å². The number of hydrogen-bond donors (Lipinski definition) is 1. The van der Waals surface area contributed by atoms with Crippen LogP contribution in [0.3, 0.4) is 0 Å². The Balaban J connectivity index is 1.35. The molecule has 0 spiro atoms. The summed E-state index contributed by atoms with van der Waals surface area (Å²) in [5.41, 5.74) is 3.06. The Bertz CT molecular complexity index is 1260. The van der Waals surface area contributed by atoms with Gasteiger partial charge in [0.2, 0.25) is 17.6 Å². The van der Waals surface area contributed by atoms with E-state index in [0.29, 0.717) is 29.4 Å². The summed E-state index contributed by atoms with van der Waals surface area (Å²) in [6, 6.07) is 26.0. The zero-order valence-electron chi connectivity index (χ0n) is 19.1. The van der Waals surface area contributed by atoms with Gasteiger partial charge in [-0.1, -0.05) is 65.8 Å². The molecule has 1 heterocycles. The van der Waals surface area contributed by atoms with Gasteiger partial charge in [-0.15, -0.1) is 0 Å². The highest BCUT2D eigenvalue weighted by molar-refractivity contribution is 6.04. The van der Waals surface area contributed by atoms with E-state index in [9.17, 15) is 9.59 Å². The Hall–Kier alpha value is -4.26. The normalized spacial score (nSPS) is 11.6. The lowest BCUT2D eigenvalue weighted by molar-refractivity contribution is -0.131. The molecule has 0 aliphatic heterocycles. The summed E-state index contributed by atoms with van der Waals surface area (Å²) in [5, 5.41) is 6.92. The van der Waals surface area contributed by atoms with E-state index in [1.807, 2.05) is 79.7 Å². The molecular formula is C27H26N4O3. The number of aryl methyl sites for hydroxylation is 1. The van der Waals surface area contributed by atoms with Crippen molar-refractivity contribution < 1.29 is 14.1 Å². The van der Waals surface area contributed by atoms with Crippen molar-refractivity contribution in [3.8, 4) is 11.4 Å². The van der Waals surface area contributed by atoms with Crippen LogP contribution in [0, 0.1) is 0 Å². The van der Waals surface area contributed by atoms with Crippen molar-refractivity contribution in [2.45, 2.75) is 25.8 Å². The van der Waals surface area contributed by atoms with Crippen LogP contribution in [0.25, 0.3) is 11.4 Å². The fraction of sp³-hybridized carbons (Fsp3) is 0.185. The van der Waals surface area contributed by atoms with Crippen molar-refractivity contribution in [1.82, 2.24) is 15.0 Å². The minimum Gasteiger partial charge on any atom is -0.339 e. The average molecular weight is 455 g/mol. The number of rotatable bonds is 8. The Morgan fingerprint density at radius 1 is 0.971 bits per heavy atom. The van der Waals surface area contributed by atoms with Crippen molar-refractivity contribution in [3.63, 3.8) is 0 Å². The Morgan fingerprint density at radius 2 is 1.68 bits per heavy atom. The number of carbonyl (C=O) groups excluding carboxylic acids is 2. The van der Waals surface area contributed by atoms with Crippen LogP contribution in [-0.2, 0) is 11.2 Å². The van der Waals surface area contributed by atoms with E-state index in [1.54, 1.807) is 24.1 Å². The molecule has 0 saturated carbocycles. The smallest absolute Gasteiger partial charge is 0.255 e. The molecule has 0 radical (unpaired) electrons. The topological polar surface area (TPSA) is 88.3 Å². The van der Waals surface area contributed by atoms with Gasteiger partial charge in [-0.2, -0.15) is 4.98 Å². The fourth-order valence-corrected chi connectivity index (χ4v) is 3.56. The monoisotopic (exact) mass is 454 g/mol. The van der Waals surface area contributed by atoms with Crippen molar-refractivity contribution in [2.24, 2.45) is 0 Å². The minimum absolute atomic E-state index is 0.0364. The van der Waals surface area contributed by atoms with Crippen molar-refractivity contribution in [2.75, 3.05) is 12.4 Å². The zero-order valence-corrected chi connectivity index (χ0v) is 19.1. The maximum atomic E-state index is 12.8. The van der Waals surface area contributed by atoms with Gasteiger partial charge >= 0.3 is 0 Å². The van der Waals surface area contributed by atoms with Gasteiger partial charge in [-0.25, -0.2) is 0 Å². The van der Waals surface area contributed by atoms with Gasteiger partial charge in [0, 0.05) is 36.7 Å². The van der Waals surface area contributed by atoms with Gasteiger partial charge in [-0.3, -0.25) is 9.59 Å². The molecule has 0 saturated heterocycles. The van der Waals surface area contributed by atoms with Crippen LogP contribution in [0.1, 0.15) is 41.2 Å². The van der Waals surface area contributed by atoms with E-state index in [2.05, 4.69) is 15.5 Å². The fourth-order valence-electron chi connectivity index (χ4n) is 3.56. The van der Waals surface area contributed by atoms with Gasteiger partial charge in [-0.05, 0) is 36.8 Å². The number of carbonyl (C=O) groups is 2. The molecule has 4 aromatic rings. The second-order valence-corrected chi connectivity index (χ2v) is 8.00. The number of nitrogens with one attached hydrogen (secondary N) is 1. The lowest BCUT2D eigenvalue weighted by atomic mass is 10.1. The number of amides is 2. The molecule has 2 amide bonds. The second kappa shape index (κ2) is 10.6. The number of nitrogens with zero attached hydrogens (tertiary/aromatic N) is 3. The van der Waals surface area contributed by atoms with E-state index in [0.717, 1.165) is 11.1 Å². The number of benzene rings is 3. The van der Waals surface area contributed by atoms with Crippen LogP contribution in [-0.4, -0.2) is 33.9 Å². The maximum Gasteiger partial charge on any atom is 0.255 e. The summed E-state index contributed by atoms with van der Waals surface area (Å²) in [6.07, 6.45) is 0.616. The van der Waals surface area contributed by atoms with E-state index in [1.165, 1.54) is 0 Å². The molecule has 7 heteroatoms. The first kappa shape index (κ1) is 22.9. The molecule has 7 nitrogen and oxygen atoms in total. The summed E-state index contributed by atoms with van der Waals surface area (Å²) in [7, 11) is 1.77. The number of hydrogen-bond acceptors (Lipinski definition) is 5. The highest BCUT2D eigenvalue weighted by atomic mass is 16.5. The molecule has 1 aromatic heterocycles. The zero-order chi connectivity index (χ0) is 23.9. The summed E-state index contributed by atoms with van der Waals surface area (Å²) in [4.78, 5) is 31.4.